The number of aryl methyl sites for hydroxylation is 1. The van der Waals surface area contributed by atoms with Gasteiger partial charge in [0, 0.05) is 45.5 Å². The summed E-state index contributed by atoms with van der Waals surface area (Å²) in [4.78, 5) is 16.6. The Balaban J connectivity index is 1.70. The number of rotatable bonds is 6. The maximum absolute atomic E-state index is 12.0. The summed E-state index contributed by atoms with van der Waals surface area (Å²) in [5.74, 6) is 0.0594. The molecule has 0 saturated carbocycles. The highest BCUT2D eigenvalue weighted by atomic mass is 16.5. The van der Waals surface area contributed by atoms with Crippen molar-refractivity contribution >= 4 is 11.6 Å². The van der Waals surface area contributed by atoms with Crippen LogP contribution in [0.5, 0.6) is 0 Å². The van der Waals surface area contributed by atoms with E-state index in [1.165, 1.54) is 5.56 Å². The van der Waals surface area contributed by atoms with Gasteiger partial charge in [-0.3, -0.25) is 14.6 Å². The molecule has 116 valence electrons. The second-order valence-electron chi connectivity index (χ2n) is 5.52. The number of nitrogens with zero attached hydrogens (tertiary/aromatic N) is 2. The molecule has 0 bridgehead atoms. The quantitative estimate of drug-likeness (QED) is 0.855. The minimum absolute atomic E-state index is 0.0594. The Morgan fingerprint density at radius 1 is 1.14 bits per heavy atom. The van der Waals surface area contributed by atoms with Crippen molar-refractivity contribution in [3.8, 4) is 0 Å². The van der Waals surface area contributed by atoms with E-state index in [9.17, 15) is 4.79 Å². The van der Waals surface area contributed by atoms with Crippen LogP contribution in [0.3, 0.4) is 0 Å². The highest BCUT2D eigenvalue weighted by Crippen LogP contribution is 2.09. The predicted molar refractivity (Wildman–Crippen MR) is 84.6 cm³/mol. The number of piperazine rings is 1. The molecule has 1 aliphatic heterocycles. The van der Waals surface area contributed by atoms with Gasteiger partial charge in [-0.25, -0.2) is 0 Å². The molecule has 0 atom stereocenters. The number of methoxy groups -OCH3 is 1. The second kappa shape index (κ2) is 8.12. The molecule has 1 fully saturated rings. The number of ether oxygens (including phenoxy) is 1. The van der Waals surface area contributed by atoms with E-state index < -0.39 is 0 Å². The maximum atomic E-state index is 12.0. The Hall–Kier alpha value is -1.43. The third kappa shape index (κ3) is 5.46. The van der Waals surface area contributed by atoms with Crippen LogP contribution < -0.4 is 5.32 Å². The number of amides is 1. The summed E-state index contributed by atoms with van der Waals surface area (Å²) in [6.07, 6.45) is 0. The molecule has 0 unspecified atom stereocenters. The van der Waals surface area contributed by atoms with Gasteiger partial charge in [0.05, 0.1) is 13.2 Å². The zero-order valence-corrected chi connectivity index (χ0v) is 13.0. The van der Waals surface area contributed by atoms with Crippen molar-refractivity contribution < 1.29 is 9.53 Å². The van der Waals surface area contributed by atoms with Gasteiger partial charge >= 0.3 is 0 Å². The summed E-state index contributed by atoms with van der Waals surface area (Å²) in [7, 11) is 1.73. The van der Waals surface area contributed by atoms with Crippen molar-refractivity contribution in [3.63, 3.8) is 0 Å². The van der Waals surface area contributed by atoms with Gasteiger partial charge in [0.15, 0.2) is 0 Å². The lowest BCUT2D eigenvalue weighted by atomic mass is 10.2. The van der Waals surface area contributed by atoms with Crippen LogP contribution in [0.25, 0.3) is 0 Å². The molecule has 1 amide bonds. The molecule has 1 aromatic carbocycles. The lowest BCUT2D eigenvalue weighted by Crippen LogP contribution is -2.49. The number of carbonyl (C=O) groups excluding carboxylic acids is 1. The molecule has 0 aliphatic carbocycles. The van der Waals surface area contributed by atoms with E-state index in [2.05, 4.69) is 15.1 Å². The molecule has 0 aromatic heterocycles. The first kappa shape index (κ1) is 15.9. The van der Waals surface area contributed by atoms with Crippen LogP contribution in [0.4, 0.5) is 5.69 Å². The molecule has 5 nitrogen and oxygen atoms in total. The van der Waals surface area contributed by atoms with E-state index in [0.29, 0.717) is 6.54 Å². The van der Waals surface area contributed by atoms with E-state index in [1.807, 2.05) is 31.2 Å². The van der Waals surface area contributed by atoms with Crippen molar-refractivity contribution in [2.75, 3.05) is 58.3 Å². The van der Waals surface area contributed by atoms with Crippen LogP contribution >= 0.6 is 0 Å². The molecule has 1 aliphatic rings. The first-order chi connectivity index (χ1) is 10.2. The van der Waals surface area contributed by atoms with Gasteiger partial charge in [-0.1, -0.05) is 17.7 Å². The molecule has 2 rings (SSSR count). The number of hydrogen-bond acceptors (Lipinski definition) is 4. The smallest absolute Gasteiger partial charge is 0.238 e. The molecule has 5 heteroatoms. The van der Waals surface area contributed by atoms with Gasteiger partial charge in [-0.15, -0.1) is 0 Å². The Kier molecular flexibility index (Phi) is 6.17. The van der Waals surface area contributed by atoms with E-state index in [0.717, 1.165) is 45.0 Å². The number of nitrogens with one attached hydrogen (secondary N) is 1. The fourth-order valence-electron chi connectivity index (χ4n) is 2.43. The molecule has 0 radical (unpaired) electrons. The SMILES string of the molecule is COCCN1CCN(CC(=O)Nc2ccc(C)cc2)CC1. The van der Waals surface area contributed by atoms with E-state index in [4.69, 9.17) is 4.74 Å². The zero-order valence-electron chi connectivity index (χ0n) is 13.0. The standard InChI is InChI=1S/C16H25N3O2/c1-14-3-5-15(6-4-14)17-16(20)13-19-9-7-18(8-10-19)11-12-21-2/h3-6H,7-13H2,1-2H3,(H,17,20). The summed E-state index contributed by atoms with van der Waals surface area (Å²) in [5.41, 5.74) is 2.06. The Labute approximate surface area is 126 Å². The molecule has 1 aromatic rings. The molecule has 1 saturated heterocycles. The molecule has 1 N–H and O–H groups in total. The fraction of sp³-hybridized carbons (Fsp3) is 0.562. The van der Waals surface area contributed by atoms with Gasteiger partial charge in [-0.05, 0) is 19.1 Å². The lowest BCUT2D eigenvalue weighted by Gasteiger charge is -2.34. The van der Waals surface area contributed by atoms with Gasteiger partial charge in [0.1, 0.15) is 0 Å². The fourth-order valence-corrected chi connectivity index (χ4v) is 2.43. The van der Waals surface area contributed by atoms with Crippen LogP contribution in [0.15, 0.2) is 24.3 Å². The van der Waals surface area contributed by atoms with E-state index in [-0.39, 0.29) is 5.91 Å². The van der Waals surface area contributed by atoms with Crippen LogP contribution in [0.1, 0.15) is 5.56 Å². The van der Waals surface area contributed by atoms with Crippen molar-refractivity contribution in [3.05, 3.63) is 29.8 Å². The second-order valence-corrected chi connectivity index (χ2v) is 5.52. The van der Waals surface area contributed by atoms with Gasteiger partial charge < -0.3 is 10.1 Å². The van der Waals surface area contributed by atoms with Crippen LogP contribution in [0.2, 0.25) is 0 Å². The normalized spacial score (nSPS) is 16.9. The highest BCUT2D eigenvalue weighted by molar-refractivity contribution is 5.92. The van der Waals surface area contributed by atoms with Crippen LogP contribution in [-0.2, 0) is 9.53 Å². The van der Waals surface area contributed by atoms with Gasteiger partial charge in [0.25, 0.3) is 0 Å². The molecular formula is C16H25N3O2. The van der Waals surface area contributed by atoms with Crippen molar-refractivity contribution in [1.82, 2.24) is 9.80 Å². The molecular weight excluding hydrogens is 266 g/mol. The summed E-state index contributed by atoms with van der Waals surface area (Å²) >= 11 is 0. The molecule has 0 spiro atoms. The minimum Gasteiger partial charge on any atom is -0.383 e. The lowest BCUT2D eigenvalue weighted by molar-refractivity contribution is -0.117. The Morgan fingerprint density at radius 2 is 1.76 bits per heavy atom. The predicted octanol–water partition coefficient (Wildman–Crippen LogP) is 1.20. The number of carbonyl (C=O) groups is 1. The highest BCUT2D eigenvalue weighted by Gasteiger charge is 2.18. The molecule has 1 heterocycles. The summed E-state index contributed by atoms with van der Waals surface area (Å²) in [6.45, 7) is 8.12. The largest absolute Gasteiger partial charge is 0.383 e. The average molecular weight is 291 g/mol. The van der Waals surface area contributed by atoms with Gasteiger partial charge in [-0.2, -0.15) is 0 Å². The topological polar surface area (TPSA) is 44.8 Å². The minimum atomic E-state index is 0.0594. The average Bonchev–Trinajstić information content (AvgIpc) is 2.49. The first-order valence-electron chi connectivity index (χ1n) is 7.47. The van der Waals surface area contributed by atoms with Crippen molar-refractivity contribution in [2.24, 2.45) is 0 Å². The zero-order chi connectivity index (χ0) is 15.1. The number of anilines is 1. The number of benzene rings is 1. The molecule has 21 heavy (non-hydrogen) atoms. The number of hydrogen-bond donors (Lipinski definition) is 1. The van der Waals surface area contributed by atoms with Crippen molar-refractivity contribution in [2.45, 2.75) is 6.92 Å². The summed E-state index contributed by atoms with van der Waals surface area (Å²) in [5, 5.41) is 2.95. The maximum Gasteiger partial charge on any atom is 0.238 e. The Bertz CT molecular complexity index is 439. The van der Waals surface area contributed by atoms with Gasteiger partial charge in [0.2, 0.25) is 5.91 Å². The Morgan fingerprint density at radius 3 is 2.38 bits per heavy atom. The third-order valence-electron chi connectivity index (χ3n) is 3.78. The van der Waals surface area contributed by atoms with E-state index >= 15 is 0 Å². The summed E-state index contributed by atoms with van der Waals surface area (Å²) < 4.78 is 5.09. The third-order valence-corrected chi connectivity index (χ3v) is 3.78. The van der Waals surface area contributed by atoms with Crippen LogP contribution in [-0.4, -0.2) is 68.7 Å². The van der Waals surface area contributed by atoms with E-state index in [1.54, 1.807) is 7.11 Å². The van der Waals surface area contributed by atoms with Crippen molar-refractivity contribution in [1.29, 1.82) is 0 Å². The van der Waals surface area contributed by atoms with Crippen LogP contribution in [0, 0.1) is 6.92 Å². The summed E-state index contributed by atoms with van der Waals surface area (Å²) in [6, 6.07) is 7.89. The first-order valence-corrected chi connectivity index (χ1v) is 7.47. The monoisotopic (exact) mass is 291 g/mol.